The molecule has 0 bridgehead atoms. The van der Waals surface area contributed by atoms with Crippen molar-refractivity contribution in [2.24, 2.45) is 5.92 Å². The Bertz CT molecular complexity index is 1380. The van der Waals surface area contributed by atoms with E-state index in [2.05, 4.69) is 80.5 Å². The van der Waals surface area contributed by atoms with Crippen LogP contribution in [0.3, 0.4) is 0 Å². The highest BCUT2D eigenvalue weighted by atomic mass is 16.5. The molecular formula is C33H35NO3. The Labute approximate surface area is 219 Å². The van der Waals surface area contributed by atoms with Crippen molar-refractivity contribution in [1.82, 2.24) is 5.16 Å². The molecule has 1 atom stereocenters. The third kappa shape index (κ3) is 4.98. The molecule has 1 aliphatic rings. The van der Waals surface area contributed by atoms with Crippen LogP contribution in [0.15, 0.2) is 83.4 Å². The van der Waals surface area contributed by atoms with Gasteiger partial charge >= 0.3 is 5.97 Å². The van der Waals surface area contributed by atoms with Crippen LogP contribution in [0.5, 0.6) is 0 Å². The highest BCUT2D eigenvalue weighted by Gasteiger charge is 2.51. The number of benzene rings is 3. The molecule has 1 unspecified atom stereocenters. The maximum absolute atomic E-state index is 11.6. The number of hydrogen-bond donors (Lipinski definition) is 1. The van der Waals surface area contributed by atoms with Crippen LogP contribution in [-0.4, -0.2) is 16.2 Å². The summed E-state index contributed by atoms with van der Waals surface area (Å²) in [5, 5.41) is 13.9. The zero-order valence-electron chi connectivity index (χ0n) is 22.1. The molecule has 0 radical (unpaired) electrons. The predicted octanol–water partition coefficient (Wildman–Crippen LogP) is 7.98. The van der Waals surface area contributed by atoms with Crippen LogP contribution in [0.1, 0.15) is 62.4 Å². The molecule has 0 aliphatic heterocycles. The van der Waals surface area contributed by atoms with E-state index in [4.69, 9.17) is 4.52 Å². The Hall–Kier alpha value is -3.66. The van der Waals surface area contributed by atoms with E-state index < -0.39 is 11.4 Å². The lowest BCUT2D eigenvalue weighted by Gasteiger charge is -2.29. The predicted molar refractivity (Wildman–Crippen MR) is 148 cm³/mol. The van der Waals surface area contributed by atoms with E-state index in [1.807, 2.05) is 31.2 Å². The van der Waals surface area contributed by atoms with Gasteiger partial charge in [-0.05, 0) is 66.2 Å². The van der Waals surface area contributed by atoms with Crippen molar-refractivity contribution in [3.05, 3.63) is 101 Å². The van der Waals surface area contributed by atoms with Gasteiger partial charge in [0.05, 0.1) is 11.1 Å². The van der Waals surface area contributed by atoms with E-state index in [0.29, 0.717) is 5.92 Å². The number of aromatic nitrogens is 1. The SMILES string of the molecule is Cc1noc(-c2ccc(-c3ccc(C4(C(=O)O)CC4)cc3)cc2)c1CC(C)CC(C)(C)c1ccccc1. The molecule has 1 saturated carbocycles. The summed E-state index contributed by atoms with van der Waals surface area (Å²) in [4.78, 5) is 11.6. The van der Waals surface area contributed by atoms with Gasteiger partial charge < -0.3 is 9.63 Å². The van der Waals surface area contributed by atoms with E-state index in [1.54, 1.807) is 0 Å². The minimum atomic E-state index is -0.722. The zero-order valence-corrected chi connectivity index (χ0v) is 22.1. The lowest BCUT2D eigenvalue weighted by molar-refractivity contribution is -0.140. The van der Waals surface area contributed by atoms with Gasteiger partial charge in [-0.3, -0.25) is 4.79 Å². The lowest BCUT2D eigenvalue weighted by atomic mass is 9.76. The number of hydrogen-bond acceptors (Lipinski definition) is 3. The Morgan fingerprint density at radius 1 is 0.946 bits per heavy atom. The van der Waals surface area contributed by atoms with E-state index in [1.165, 1.54) is 11.1 Å². The number of rotatable bonds is 9. The lowest BCUT2D eigenvalue weighted by Crippen LogP contribution is -2.21. The van der Waals surface area contributed by atoms with Gasteiger partial charge in [0.25, 0.3) is 0 Å². The first-order chi connectivity index (χ1) is 17.7. The minimum Gasteiger partial charge on any atom is -0.481 e. The van der Waals surface area contributed by atoms with E-state index in [9.17, 15) is 9.90 Å². The molecule has 4 heteroatoms. The van der Waals surface area contributed by atoms with E-state index in [0.717, 1.165) is 59.4 Å². The van der Waals surface area contributed by atoms with E-state index in [-0.39, 0.29) is 5.41 Å². The van der Waals surface area contributed by atoms with Gasteiger partial charge in [0.15, 0.2) is 5.76 Å². The van der Waals surface area contributed by atoms with Gasteiger partial charge in [-0.15, -0.1) is 0 Å². The van der Waals surface area contributed by atoms with Crippen molar-refractivity contribution in [3.8, 4) is 22.5 Å². The molecule has 0 spiro atoms. The Morgan fingerprint density at radius 3 is 2.08 bits per heavy atom. The second kappa shape index (κ2) is 9.66. The number of aryl methyl sites for hydroxylation is 1. The van der Waals surface area contributed by atoms with Crippen molar-refractivity contribution < 1.29 is 14.4 Å². The summed E-state index contributed by atoms with van der Waals surface area (Å²) in [6.07, 6.45) is 3.42. The van der Waals surface area contributed by atoms with Crippen LogP contribution in [0, 0.1) is 12.8 Å². The first-order valence-electron chi connectivity index (χ1n) is 13.1. The van der Waals surface area contributed by atoms with Crippen molar-refractivity contribution in [1.29, 1.82) is 0 Å². The van der Waals surface area contributed by atoms with Crippen molar-refractivity contribution in [2.45, 2.75) is 64.2 Å². The molecule has 4 nitrogen and oxygen atoms in total. The zero-order chi connectivity index (χ0) is 26.2. The highest BCUT2D eigenvalue weighted by molar-refractivity contribution is 5.85. The molecule has 190 valence electrons. The normalized spacial score (nSPS) is 15.4. The molecule has 5 rings (SSSR count). The fourth-order valence-corrected chi connectivity index (χ4v) is 5.70. The molecule has 4 aromatic rings. The van der Waals surface area contributed by atoms with Crippen molar-refractivity contribution >= 4 is 5.97 Å². The van der Waals surface area contributed by atoms with Crippen molar-refractivity contribution in [3.63, 3.8) is 0 Å². The number of carboxylic acid groups (broad SMARTS) is 1. The molecule has 3 aromatic carbocycles. The molecule has 1 aromatic heterocycles. The Morgan fingerprint density at radius 2 is 1.51 bits per heavy atom. The average molecular weight is 494 g/mol. The largest absolute Gasteiger partial charge is 0.481 e. The second-order valence-electron chi connectivity index (χ2n) is 11.4. The summed E-state index contributed by atoms with van der Waals surface area (Å²) < 4.78 is 5.82. The maximum Gasteiger partial charge on any atom is 0.314 e. The highest BCUT2D eigenvalue weighted by Crippen LogP contribution is 2.48. The third-order valence-corrected chi connectivity index (χ3v) is 8.03. The van der Waals surface area contributed by atoms with Crippen molar-refractivity contribution in [2.75, 3.05) is 0 Å². The van der Waals surface area contributed by atoms with Gasteiger partial charge in [-0.25, -0.2) is 0 Å². The maximum atomic E-state index is 11.6. The molecule has 1 N–H and O–H groups in total. The standard InChI is InChI=1S/C33H35NO3/c1-22(21-32(3,4)27-8-6-5-7-9-27)20-29-23(2)34-37-30(29)26-12-10-24(11-13-26)25-14-16-28(17-15-25)33(18-19-33)31(35)36/h5-17,22H,18-21H2,1-4H3,(H,35,36). The van der Waals surface area contributed by atoms with Gasteiger partial charge in [-0.1, -0.05) is 105 Å². The Kier molecular flexibility index (Phi) is 6.53. The first kappa shape index (κ1) is 25.0. The van der Waals surface area contributed by atoms with Crippen LogP contribution in [0.2, 0.25) is 0 Å². The topological polar surface area (TPSA) is 63.3 Å². The molecule has 1 fully saturated rings. The van der Waals surface area contributed by atoms with E-state index >= 15 is 0 Å². The molecule has 0 amide bonds. The summed E-state index contributed by atoms with van der Waals surface area (Å²) in [5.74, 6) is 0.590. The summed E-state index contributed by atoms with van der Waals surface area (Å²) in [7, 11) is 0. The number of carbonyl (C=O) groups is 1. The van der Waals surface area contributed by atoms with Crippen LogP contribution in [-0.2, 0) is 22.0 Å². The third-order valence-electron chi connectivity index (χ3n) is 8.03. The van der Waals surface area contributed by atoms with Crippen LogP contribution < -0.4 is 0 Å². The smallest absolute Gasteiger partial charge is 0.314 e. The number of aliphatic carboxylic acids is 1. The summed E-state index contributed by atoms with van der Waals surface area (Å²) in [6.45, 7) is 8.97. The molecule has 0 saturated heterocycles. The molecule has 1 aliphatic carbocycles. The van der Waals surface area contributed by atoms with Gasteiger partial charge in [0, 0.05) is 11.1 Å². The summed E-state index contributed by atoms with van der Waals surface area (Å²) >= 11 is 0. The van der Waals surface area contributed by atoms with Crippen LogP contribution in [0.25, 0.3) is 22.5 Å². The monoisotopic (exact) mass is 493 g/mol. The average Bonchev–Trinajstić information content (AvgIpc) is 3.64. The van der Waals surface area contributed by atoms with Crippen LogP contribution >= 0.6 is 0 Å². The number of carboxylic acids is 1. The second-order valence-corrected chi connectivity index (χ2v) is 11.4. The molecule has 1 heterocycles. The first-order valence-corrected chi connectivity index (χ1v) is 13.1. The number of nitrogens with zero attached hydrogens (tertiary/aromatic N) is 1. The summed E-state index contributed by atoms with van der Waals surface area (Å²) in [6, 6.07) is 27.1. The fourth-order valence-electron chi connectivity index (χ4n) is 5.70. The quantitative estimate of drug-likeness (QED) is 0.257. The molecular weight excluding hydrogens is 458 g/mol. The minimum absolute atomic E-state index is 0.0900. The van der Waals surface area contributed by atoms with Crippen LogP contribution in [0.4, 0.5) is 0 Å². The summed E-state index contributed by atoms with van der Waals surface area (Å²) in [5.41, 5.74) is 6.99. The molecule has 37 heavy (non-hydrogen) atoms. The van der Waals surface area contributed by atoms with Gasteiger partial charge in [0.2, 0.25) is 0 Å². The fraction of sp³-hybridized carbons (Fsp3) is 0.333. The van der Waals surface area contributed by atoms with Gasteiger partial charge in [-0.2, -0.15) is 0 Å². The Balaban J connectivity index is 1.31. The van der Waals surface area contributed by atoms with Gasteiger partial charge in [0.1, 0.15) is 0 Å².